The molecule has 2 aromatic rings. The van der Waals surface area contributed by atoms with Crippen molar-refractivity contribution >= 4 is 34.5 Å². The van der Waals surface area contributed by atoms with E-state index >= 15 is 0 Å². The van der Waals surface area contributed by atoms with Gasteiger partial charge in [0.25, 0.3) is 5.56 Å². The number of thioether (sulfide) groups is 1. The molecule has 7 nitrogen and oxygen atoms in total. The van der Waals surface area contributed by atoms with Crippen LogP contribution in [0.25, 0.3) is 11.2 Å². The van der Waals surface area contributed by atoms with Gasteiger partial charge in [-0.3, -0.25) is 14.3 Å². The molecule has 2 rings (SSSR count). The summed E-state index contributed by atoms with van der Waals surface area (Å²) in [7, 11) is 1.55. The summed E-state index contributed by atoms with van der Waals surface area (Å²) in [5.74, 6) is 0.482. The third-order valence-corrected chi connectivity index (χ3v) is 4.56. The maximum atomic E-state index is 12.1. The summed E-state index contributed by atoms with van der Waals surface area (Å²) < 4.78 is 3.02. The highest BCUT2D eigenvalue weighted by Gasteiger charge is 2.17. The molecule has 1 atom stereocenters. The lowest BCUT2D eigenvalue weighted by atomic mass is 10.4. The molecule has 0 saturated carbocycles. The number of hydrogen-bond donors (Lipinski definition) is 2. The largest absolute Gasteiger partial charge is 0.391 e. The highest BCUT2D eigenvalue weighted by molar-refractivity contribution is 7.99. The van der Waals surface area contributed by atoms with Gasteiger partial charge in [0.2, 0.25) is 0 Å². The fourth-order valence-electron chi connectivity index (χ4n) is 1.92. The van der Waals surface area contributed by atoms with Gasteiger partial charge in [-0.25, -0.2) is 9.78 Å². The number of aryl methyl sites for hydroxylation is 1. The van der Waals surface area contributed by atoms with Crippen LogP contribution >= 0.6 is 23.4 Å². The third kappa shape index (κ3) is 3.29. The van der Waals surface area contributed by atoms with Crippen molar-refractivity contribution < 1.29 is 5.11 Å². The van der Waals surface area contributed by atoms with Crippen molar-refractivity contribution in [2.75, 3.05) is 11.6 Å². The third-order valence-electron chi connectivity index (χ3n) is 3.08. The first-order valence-electron chi connectivity index (χ1n) is 6.67. The van der Waals surface area contributed by atoms with Crippen molar-refractivity contribution in [1.82, 2.24) is 19.1 Å². The Bertz CT molecular complexity index is 808. The average molecular weight is 345 g/mol. The zero-order valence-corrected chi connectivity index (χ0v) is 13.8. The van der Waals surface area contributed by atoms with Crippen molar-refractivity contribution in [3.63, 3.8) is 0 Å². The van der Waals surface area contributed by atoms with Crippen LogP contribution in [0.4, 0.5) is 0 Å². The van der Waals surface area contributed by atoms with Crippen molar-refractivity contribution in [1.29, 1.82) is 0 Å². The van der Waals surface area contributed by atoms with Crippen LogP contribution in [0.1, 0.15) is 6.92 Å². The lowest BCUT2D eigenvalue weighted by molar-refractivity contribution is 0.223. The van der Waals surface area contributed by atoms with E-state index in [0.29, 0.717) is 28.6 Å². The average Bonchev–Trinajstić information content (AvgIpc) is 2.87. The monoisotopic (exact) mass is 344 g/mol. The normalized spacial score (nSPS) is 13.3. The number of aromatic nitrogens is 4. The number of hydrogen-bond acceptors (Lipinski definition) is 5. The van der Waals surface area contributed by atoms with Gasteiger partial charge >= 0.3 is 5.69 Å². The van der Waals surface area contributed by atoms with Gasteiger partial charge in [-0.1, -0.05) is 23.9 Å². The molecule has 0 radical (unpaired) electrons. The maximum Gasteiger partial charge on any atom is 0.329 e. The van der Waals surface area contributed by atoms with Gasteiger partial charge in [-0.15, -0.1) is 11.6 Å². The number of fused-ring (bicyclic) bond motifs is 1. The second kappa shape index (κ2) is 7.17. The van der Waals surface area contributed by atoms with Crippen molar-refractivity contribution in [2.45, 2.75) is 24.7 Å². The van der Waals surface area contributed by atoms with Crippen LogP contribution in [-0.2, 0) is 13.6 Å². The molecule has 2 N–H and O–H groups in total. The summed E-state index contributed by atoms with van der Waals surface area (Å²) in [6.45, 7) is 2.33. The zero-order chi connectivity index (χ0) is 16.3. The highest BCUT2D eigenvalue weighted by atomic mass is 35.5. The van der Waals surface area contributed by atoms with Crippen LogP contribution in [-0.4, -0.2) is 41.9 Å². The van der Waals surface area contributed by atoms with E-state index in [1.807, 2.05) is 19.1 Å². The van der Waals surface area contributed by atoms with E-state index in [1.54, 1.807) is 11.6 Å². The molecule has 22 heavy (non-hydrogen) atoms. The second-order valence-corrected chi connectivity index (χ2v) is 5.98. The molecule has 9 heteroatoms. The van der Waals surface area contributed by atoms with E-state index in [2.05, 4.69) is 9.97 Å². The molecule has 0 spiro atoms. The molecule has 2 heterocycles. The Morgan fingerprint density at radius 2 is 2.23 bits per heavy atom. The number of nitrogens with zero attached hydrogens (tertiary/aromatic N) is 3. The molecule has 120 valence electrons. The lowest BCUT2D eigenvalue weighted by Crippen LogP contribution is -2.29. The van der Waals surface area contributed by atoms with Crippen LogP contribution < -0.4 is 11.2 Å². The minimum atomic E-state index is -0.663. The lowest BCUT2D eigenvalue weighted by Gasteiger charge is -2.07. The highest BCUT2D eigenvalue weighted by Crippen LogP contribution is 2.22. The molecule has 1 unspecified atom stereocenters. The summed E-state index contributed by atoms with van der Waals surface area (Å²) in [6, 6.07) is 0. The SMILES string of the molecule is C/C=C/Cn1c(SCC(O)CCl)nc2c1c(=O)[nH]c(=O)n2C. The number of alkyl halides is 1. The van der Waals surface area contributed by atoms with E-state index in [0.717, 1.165) is 0 Å². The second-order valence-electron chi connectivity index (χ2n) is 4.68. The number of allylic oxidation sites excluding steroid dienone is 2. The summed E-state index contributed by atoms with van der Waals surface area (Å²) in [4.78, 5) is 30.4. The van der Waals surface area contributed by atoms with Crippen LogP contribution in [0.2, 0.25) is 0 Å². The first-order valence-corrected chi connectivity index (χ1v) is 8.19. The van der Waals surface area contributed by atoms with Crippen LogP contribution in [0.3, 0.4) is 0 Å². The Morgan fingerprint density at radius 3 is 2.86 bits per heavy atom. The molecule has 0 aromatic carbocycles. The van der Waals surface area contributed by atoms with E-state index in [9.17, 15) is 14.7 Å². The molecule has 0 aliphatic heterocycles. The van der Waals surface area contributed by atoms with E-state index in [4.69, 9.17) is 11.6 Å². The Labute approximate surface area is 135 Å². The summed E-state index contributed by atoms with van der Waals surface area (Å²) in [6.07, 6.45) is 3.08. The Balaban J connectivity index is 2.59. The van der Waals surface area contributed by atoms with Gasteiger partial charge in [-0.2, -0.15) is 0 Å². The van der Waals surface area contributed by atoms with Gasteiger partial charge in [0.05, 0.1) is 6.10 Å². The first-order chi connectivity index (χ1) is 10.5. The molecular formula is C13H17ClN4O3S. The number of halogens is 1. The minimum absolute atomic E-state index is 0.126. The predicted octanol–water partition coefficient (Wildman–Crippen LogP) is 0.691. The van der Waals surface area contributed by atoms with E-state index < -0.39 is 17.4 Å². The quantitative estimate of drug-likeness (QED) is 0.457. The molecule has 2 aromatic heterocycles. The Kier molecular flexibility index (Phi) is 5.49. The number of aliphatic hydroxyl groups is 1. The number of aromatic amines is 1. The molecule has 0 aliphatic carbocycles. The van der Waals surface area contributed by atoms with Gasteiger partial charge in [0.1, 0.15) is 0 Å². The molecule has 0 saturated heterocycles. The summed E-state index contributed by atoms with van der Waals surface area (Å²) in [5, 5.41) is 10.1. The fraction of sp³-hybridized carbons (Fsp3) is 0.462. The van der Waals surface area contributed by atoms with Crippen LogP contribution in [0, 0.1) is 0 Å². The minimum Gasteiger partial charge on any atom is -0.391 e. The summed E-state index contributed by atoms with van der Waals surface area (Å²) >= 11 is 6.88. The Morgan fingerprint density at radius 1 is 1.50 bits per heavy atom. The zero-order valence-electron chi connectivity index (χ0n) is 12.2. The standard InChI is InChI=1S/C13H17ClN4O3S/c1-3-4-5-18-9-10(17(2)12(21)16-11(9)20)15-13(18)22-7-8(19)6-14/h3-4,8,19H,5-7H2,1-2H3,(H,16,20,21)/b4-3+. The van der Waals surface area contributed by atoms with Gasteiger partial charge in [0, 0.05) is 25.2 Å². The number of imidazole rings is 1. The molecule has 0 fully saturated rings. The maximum absolute atomic E-state index is 12.1. The van der Waals surface area contributed by atoms with Crippen LogP contribution in [0.5, 0.6) is 0 Å². The van der Waals surface area contributed by atoms with E-state index in [-0.39, 0.29) is 5.88 Å². The fourth-order valence-corrected chi connectivity index (χ4v) is 3.09. The van der Waals surface area contributed by atoms with Crippen molar-refractivity contribution in [3.8, 4) is 0 Å². The number of aliphatic hydroxyl groups excluding tert-OH is 1. The molecular weight excluding hydrogens is 328 g/mol. The molecule has 0 bridgehead atoms. The van der Waals surface area contributed by atoms with Crippen molar-refractivity contribution in [2.24, 2.45) is 7.05 Å². The van der Waals surface area contributed by atoms with Crippen molar-refractivity contribution in [3.05, 3.63) is 33.0 Å². The molecule has 0 amide bonds. The van der Waals surface area contributed by atoms with Crippen LogP contribution in [0.15, 0.2) is 26.9 Å². The van der Waals surface area contributed by atoms with E-state index in [1.165, 1.54) is 16.3 Å². The molecule has 0 aliphatic rings. The number of H-pyrrole nitrogens is 1. The first kappa shape index (κ1) is 16.9. The number of rotatable bonds is 6. The van der Waals surface area contributed by atoms with Gasteiger partial charge in [-0.05, 0) is 6.92 Å². The topological polar surface area (TPSA) is 92.9 Å². The number of nitrogens with one attached hydrogen (secondary N) is 1. The smallest absolute Gasteiger partial charge is 0.329 e. The summed E-state index contributed by atoms with van der Waals surface area (Å²) in [5.41, 5.74) is -0.324. The van der Waals surface area contributed by atoms with Gasteiger partial charge < -0.3 is 9.67 Å². The Hall–Kier alpha value is -1.51. The van der Waals surface area contributed by atoms with Gasteiger partial charge in [0.15, 0.2) is 16.3 Å². The predicted molar refractivity (Wildman–Crippen MR) is 87.9 cm³/mol.